The summed E-state index contributed by atoms with van der Waals surface area (Å²) < 4.78 is 2.00. The first-order valence-electron chi connectivity index (χ1n) is 9.61. The highest BCUT2D eigenvalue weighted by molar-refractivity contribution is 6.06. The number of nitrogens with one attached hydrogen (secondary N) is 1. The van der Waals surface area contributed by atoms with E-state index in [4.69, 9.17) is 4.98 Å². The number of piperazine rings is 1. The van der Waals surface area contributed by atoms with E-state index in [2.05, 4.69) is 10.3 Å². The molecule has 2 fully saturated rings. The number of hydrogen-bond donors (Lipinski definition) is 1. The number of imidazole rings is 1. The molecule has 2 aromatic heterocycles. The van der Waals surface area contributed by atoms with E-state index in [1.54, 1.807) is 6.20 Å². The van der Waals surface area contributed by atoms with Crippen LogP contribution in [0, 0.1) is 0 Å². The zero-order valence-corrected chi connectivity index (χ0v) is 17.9. The summed E-state index contributed by atoms with van der Waals surface area (Å²) in [6, 6.07) is 9.94. The molecular formula is C21H25Cl2N5O. The van der Waals surface area contributed by atoms with Gasteiger partial charge in [-0.2, -0.15) is 0 Å². The van der Waals surface area contributed by atoms with Crippen LogP contribution in [-0.2, 0) is 7.05 Å². The smallest absolute Gasteiger partial charge is 0.255 e. The average Bonchev–Trinajstić information content (AvgIpc) is 3.48. The Morgan fingerprint density at radius 1 is 1.21 bits per heavy atom. The summed E-state index contributed by atoms with van der Waals surface area (Å²) in [5, 5.41) is 4.34. The number of aryl methyl sites for hydroxylation is 1. The van der Waals surface area contributed by atoms with E-state index in [-0.39, 0.29) is 36.8 Å². The second-order valence-corrected chi connectivity index (χ2v) is 7.50. The van der Waals surface area contributed by atoms with Crippen molar-refractivity contribution >= 4 is 41.6 Å². The summed E-state index contributed by atoms with van der Waals surface area (Å²) in [5.74, 6) is 1.50. The van der Waals surface area contributed by atoms with Crippen molar-refractivity contribution in [2.75, 3.05) is 19.6 Å². The second-order valence-electron chi connectivity index (χ2n) is 7.50. The van der Waals surface area contributed by atoms with Gasteiger partial charge >= 0.3 is 0 Å². The van der Waals surface area contributed by atoms with Crippen LogP contribution in [0.25, 0.3) is 10.9 Å². The fourth-order valence-corrected chi connectivity index (χ4v) is 3.99. The maximum Gasteiger partial charge on any atom is 0.255 e. The normalized spacial score (nSPS) is 18.8. The number of carbonyl (C=O) groups is 1. The molecule has 1 atom stereocenters. The molecule has 8 heteroatoms. The minimum Gasteiger partial charge on any atom is -0.336 e. The number of fused-ring (bicyclic) bond motifs is 1. The van der Waals surface area contributed by atoms with Crippen LogP contribution in [0.5, 0.6) is 0 Å². The summed E-state index contributed by atoms with van der Waals surface area (Å²) in [5.41, 5.74) is 2.73. The summed E-state index contributed by atoms with van der Waals surface area (Å²) in [6.07, 6.45) is 6.06. The quantitative estimate of drug-likeness (QED) is 0.686. The van der Waals surface area contributed by atoms with Crippen molar-refractivity contribution in [3.8, 4) is 0 Å². The number of benzene rings is 1. The molecule has 1 aromatic carbocycles. The minimum atomic E-state index is -0.0671. The van der Waals surface area contributed by atoms with E-state index < -0.39 is 0 Å². The fourth-order valence-electron chi connectivity index (χ4n) is 3.99. The van der Waals surface area contributed by atoms with Gasteiger partial charge in [-0.15, -0.1) is 24.8 Å². The van der Waals surface area contributed by atoms with Crippen LogP contribution in [0.2, 0.25) is 0 Å². The van der Waals surface area contributed by atoms with Gasteiger partial charge in [0.25, 0.3) is 5.91 Å². The molecule has 3 heterocycles. The Hall–Kier alpha value is -2.15. The van der Waals surface area contributed by atoms with Gasteiger partial charge in [0, 0.05) is 56.1 Å². The zero-order valence-electron chi connectivity index (χ0n) is 16.2. The van der Waals surface area contributed by atoms with Crippen LogP contribution < -0.4 is 5.32 Å². The van der Waals surface area contributed by atoms with Crippen LogP contribution in [0.15, 0.2) is 42.7 Å². The Morgan fingerprint density at radius 2 is 2.00 bits per heavy atom. The first kappa shape index (κ1) is 21.6. The maximum absolute atomic E-state index is 13.7. The number of halogens is 2. The number of amides is 1. The molecule has 1 saturated carbocycles. The van der Waals surface area contributed by atoms with Crippen molar-refractivity contribution in [3.63, 3.8) is 0 Å². The van der Waals surface area contributed by atoms with Crippen LogP contribution in [0.1, 0.15) is 46.7 Å². The number of aromatic nitrogens is 3. The largest absolute Gasteiger partial charge is 0.336 e. The third-order valence-corrected chi connectivity index (χ3v) is 5.62. The highest BCUT2D eigenvalue weighted by atomic mass is 35.5. The lowest BCUT2D eigenvalue weighted by atomic mass is 10.0. The molecule has 1 N–H and O–H groups in total. The molecule has 0 bridgehead atoms. The standard InChI is InChI=1S/C21H23N5O.2ClH/c1-25-10-9-23-20(25)19-13-22-8-11-26(19)21(27)16-12-18(14-6-7-14)24-17-5-3-2-4-15(16)17;;/h2-5,9-10,12,14,19,22H,6-8,11,13H2,1H3;2*1H. The van der Waals surface area contributed by atoms with Gasteiger partial charge in [-0.3, -0.25) is 9.78 Å². The van der Waals surface area contributed by atoms with Crippen LogP contribution >= 0.6 is 24.8 Å². The monoisotopic (exact) mass is 433 g/mol. The van der Waals surface area contributed by atoms with Crippen molar-refractivity contribution in [3.05, 3.63) is 59.8 Å². The summed E-state index contributed by atoms with van der Waals surface area (Å²) in [6.45, 7) is 2.19. The second kappa shape index (κ2) is 8.69. The maximum atomic E-state index is 13.7. The Morgan fingerprint density at radius 3 is 2.72 bits per heavy atom. The molecule has 0 spiro atoms. The molecule has 154 valence electrons. The van der Waals surface area contributed by atoms with Gasteiger partial charge in [0.05, 0.1) is 11.1 Å². The summed E-state index contributed by atoms with van der Waals surface area (Å²) in [4.78, 5) is 24.9. The number of carbonyl (C=O) groups excluding carboxylic acids is 1. The highest BCUT2D eigenvalue weighted by Crippen LogP contribution is 2.40. The summed E-state index contributed by atoms with van der Waals surface area (Å²) in [7, 11) is 1.98. The van der Waals surface area contributed by atoms with Crippen molar-refractivity contribution in [1.29, 1.82) is 0 Å². The lowest BCUT2D eigenvalue weighted by molar-refractivity contribution is 0.0622. The van der Waals surface area contributed by atoms with Crippen LogP contribution in [0.3, 0.4) is 0 Å². The molecule has 1 aliphatic heterocycles. The van der Waals surface area contributed by atoms with Crippen LogP contribution in [0.4, 0.5) is 0 Å². The molecular weight excluding hydrogens is 409 g/mol. The first-order valence-corrected chi connectivity index (χ1v) is 9.61. The molecule has 0 radical (unpaired) electrons. The van der Waals surface area contributed by atoms with Crippen LogP contribution in [-0.4, -0.2) is 45.0 Å². The van der Waals surface area contributed by atoms with E-state index in [1.807, 2.05) is 53.0 Å². The van der Waals surface area contributed by atoms with Gasteiger partial charge in [0.1, 0.15) is 11.9 Å². The molecule has 1 saturated heterocycles. The predicted octanol–water partition coefficient (Wildman–Crippen LogP) is 3.48. The highest BCUT2D eigenvalue weighted by Gasteiger charge is 2.33. The topological polar surface area (TPSA) is 63.1 Å². The number of rotatable bonds is 3. The van der Waals surface area contributed by atoms with E-state index in [9.17, 15) is 4.79 Å². The molecule has 6 nitrogen and oxygen atoms in total. The van der Waals surface area contributed by atoms with E-state index in [0.29, 0.717) is 12.5 Å². The molecule has 1 amide bonds. The Bertz CT molecular complexity index is 1020. The Labute approximate surface area is 182 Å². The van der Waals surface area contributed by atoms with Gasteiger partial charge in [0.15, 0.2) is 0 Å². The first-order chi connectivity index (χ1) is 13.2. The molecule has 1 unspecified atom stereocenters. The molecule has 1 aliphatic carbocycles. The number of pyridine rings is 1. The molecule has 2 aliphatic rings. The van der Waals surface area contributed by atoms with E-state index in [1.165, 1.54) is 12.8 Å². The van der Waals surface area contributed by atoms with Gasteiger partial charge in [-0.05, 0) is 25.0 Å². The van der Waals surface area contributed by atoms with Gasteiger partial charge < -0.3 is 14.8 Å². The molecule has 5 rings (SSSR count). The fraction of sp³-hybridized carbons (Fsp3) is 0.381. The van der Waals surface area contributed by atoms with Gasteiger partial charge in [0.2, 0.25) is 0 Å². The SMILES string of the molecule is Cl.Cl.Cn1ccnc1C1CNCCN1C(=O)c1cc(C2CC2)nc2ccccc12. The predicted molar refractivity (Wildman–Crippen MR) is 118 cm³/mol. The summed E-state index contributed by atoms with van der Waals surface area (Å²) >= 11 is 0. The third kappa shape index (κ3) is 3.97. The zero-order chi connectivity index (χ0) is 18.4. The number of para-hydroxylation sites is 1. The number of nitrogens with zero attached hydrogens (tertiary/aromatic N) is 4. The van der Waals surface area contributed by atoms with Crippen molar-refractivity contribution < 1.29 is 4.79 Å². The Kier molecular flexibility index (Phi) is 6.46. The lowest BCUT2D eigenvalue weighted by Gasteiger charge is -2.36. The lowest BCUT2D eigenvalue weighted by Crippen LogP contribution is -2.49. The van der Waals surface area contributed by atoms with Gasteiger partial charge in [-0.1, -0.05) is 18.2 Å². The third-order valence-electron chi connectivity index (χ3n) is 5.62. The van der Waals surface area contributed by atoms with Crippen molar-refractivity contribution in [2.45, 2.75) is 24.8 Å². The van der Waals surface area contributed by atoms with Crippen molar-refractivity contribution in [2.24, 2.45) is 7.05 Å². The van der Waals surface area contributed by atoms with E-state index >= 15 is 0 Å². The minimum absolute atomic E-state index is 0. The van der Waals surface area contributed by atoms with E-state index in [0.717, 1.165) is 41.1 Å². The van der Waals surface area contributed by atoms with Crippen molar-refractivity contribution in [1.82, 2.24) is 24.8 Å². The number of hydrogen-bond acceptors (Lipinski definition) is 4. The molecule has 3 aromatic rings. The molecule has 29 heavy (non-hydrogen) atoms. The Balaban J connectivity index is 0.00000120. The van der Waals surface area contributed by atoms with Gasteiger partial charge in [-0.25, -0.2) is 4.98 Å². The average molecular weight is 434 g/mol.